The molecule has 5 heteroatoms. The van der Waals surface area contributed by atoms with Gasteiger partial charge in [0.05, 0.1) is 28.0 Å². The average Bonchev–Trinajstić information content (AvgIpc) is 3.17. The van der Waals surface area contributed by atoms with Crippen LogP contribution < -0.4 is 4.74 Å². The van der Waals surface area contributed by atoms with Crippen LogP contribution in [0.2, 0.25) is 0 Å². The Bertz CT molecular complexity index is 1070. The summed E-state index contributed by atoms with van der Waals surface area (Å²) in [5.74, 6) is 0.479. The van der Waals surface area contributed by atoms with Crippen LogP contribution in [0.5, 0.6) is 5.75 Å². The topological polar surface area (TPSA) is 48.4 Å². The summed E-state index contributed by atoms with van der Waals surface area (Å²) in [6.45, 7) is 2.57. The molecular weight excluding hydrogens is 370 g/mol. The lowest BCUT2D eigenvalue weighted by atomic mass is 10.1. The van der Waals surface area contributed by atoms with Gasteiger partial charge in [0.2, 0.25) is 0 Å². The molecule has 4 aromatic rings. The standard InChI is InChI=1S/C23H19NO3S/c1-2-26-23(25)17-13-11-16(12-14-17)15-27-20-9-5-3-7-18(20)22-24-19-8-4-6-10-21(19)28-22/h3-14H,2,15H2,1H3. The van der Waals surface area contributed by atoms with Crippen LogP contribution in [0.15, 0.2) is 72.8 Å². The molecule has 1 aromatic heterocycles. The highest BCUT2D eigenvalue weighted by atomic mass is 32.1. The zero-order valence-corrected chi connectivity index (χ0v) is 16.2. The third kappa shape index (κ3) is 3.89. The first-order chi connectivity index (χ1) is 13.7. The lowest BCUT2D eigenvalue weighted by Gasteiger charge is -2.10. The van der Waals surface area contributed by atoms with Gasteiger partial charge in [-0.1, -0.05) is 36.4 Å². The Balaban J connectivity index is 1.52. The van der Waals surface area contributed by atoms with Crippen molar-refractivity contribution in [2.45, 2.75) is 13.5 Å². The molecule has 0 saturated carbocycles. The van der Waals surface area contributed by atoms with Gasteiger partial charge in [-0.3, -0.25) is 0 Å². The Morgan fingerprint density at radius 1 is 0.964 bits per heavy atom. The number of nitrogens with zero attached hydrogens (tertiary/aromatic N) is 1. The van der Waals surface area contributed by atoms with Gasteiger partial charge in [-0.25, -0.2) is 9.78 Å². The summed E-state index contributed by atoms with van der Waals surface area (Å²) < 4.78 is 12.2. The lowest BCUT2D eigenvalue weighted by molar-refractivity contribution is 0.0526. The maximum atomic E-state index is 11.8. The van der Waals surface area contributed by atoms with E-state index in [1.807, 2.05) is 54.6 Å². The molecular formula is C23H19NO3S. The average molecular weight is 389 g/mol. The number of esters is 1. The second-order valence-corrected chi connectivity index (χ2v) is 7.22. The summed E-state index contributed by atoms with van der Waals surface area (Å²) in [6.07, 6.45) is 0. The zero-order chi connectivity index (χ0) is 19.3. The van der Waals surface area contributed by atoms with E-state index in [4.69, 9.17) is 14.5 Å². The molecule has 0 fully saturated rings. The molecule has 1 heterocycles. The molecule has 0 unspecified atom stereocenters. The largest absolute Gasteiger partial charge is 0.488 e. The molecule has 4 nitrogen and oxygen atoms in total. The van der Waals surface area contributed by atoms with Gasteiger partial charge < -0.3 is 9.47 Å². The van der Waals surface area contributed by atoms with Gasteiger partial charge >= 0.3 is 5.97 Å². The molecule has 0 N–H and O–H groups in total. The number of para-hydroxylation sites is 2. The van der Waals surface area contributed by atoms with Crippen molar-refractivity contribution in [2.24, 2.45) is 0 Å². The Hall–Kier alpha value is -3.18. The van der Waals surface area contributed by atoms with Crippen molar-refractivity contribution in [2.75, 3.05) is 6.61 Å². The summed E-state index contributed by atoms with van der Waals surface area (Å²) in [4.78, 5) is 16.5. The lowest BCUT2D eigenvalue weighted by Crippen LogP contribution is -2.05. The van der Waals surface area contributed by atoms with Crippen LogP contribution in [0.3, 0.4) is 0 Å². The van der Waals surface area contributed by atoms with Crippen molar-refractivity contribution in [3.05, 3.63) is 83.9 Å². The van der Waals surface area contributed by atoms with E-state index in [1.165, 1.54) is 0 Å². The number of carbonyl (C=O) groups is 1. The molecule has 4 rings (SSSR count). The minimum absolute atomic E-state index is 0.309. The first-order valence-electron chi connectivity index (χ1n) is 9.08. The summed E-state index contributed by atoms with van der Waals surface area (Å²) in [5, 5.41) is 0.939. The second-order valence-electron chi connectivity index (χ2n) is 6.19. The number of thiazole rings is 1. The van der Waals surface area contributed by atoms with Crippen molar-refractivity contribution in [3.63, 3.8) is 0 Å². The molecule has 0 aliphatic heterocycles. The number of carbonyl (C=O) groups excluding carboxylic acids is 1. The minimum atomic E-state index is -0.309. The minimum Gasteiger partial charge on any atom is -0.488 e. The molecule has 0 aliphatic carbocycles. The quantitative estimate of drug-likeness (QED) is 0.396. The van der Waals surface area contributed by atoms with E-state index < -0.39 is 0 Å². The number of fused-ring (bicyclic) bond motifs is 1. The SMILES string of the molecule is CCOC(=O)c1ccc(COc2ccccc2-c2nc3ccccc3s2)cc1. The van der Waals surface area contributed by atoms with Crippen LogP contribution in [0, 0.1) is 0 Å². The number of aromatic nitrogens is 1. The fourth-order valence-electron chi connectivity index (χ4n) is 2.87. The third-order valence-corrected chi connectivity index (χ3v) is 5.34. The highest BCUT2D eigenvalue weighted by Crippen LogP contribution is 2.35. The normalized spacial score (nSPS) is 10.8. The van der Waals surface area contributed by atoms with E-state index in [1.54, 1.807) is 30.4 Å². The van der Waals surface area contributed by atoms with Crippen LogP contribution in [-0.2, 0) is 11.3 Å². The summed E-state index contributed by atoms with van der Waals surface area (Å²) in [7, 11) is 0. The van der Waals surface area contributed by atoms with Crippen molar-refractivity contribution in [1.29, 1.82) is 0 Å². The molecule has 0 amide bonds. The van der Waals surface area contributed by atoms with E-state index in [-0.39, 0.29) is 5.97 Å². The predicted molar refractivity (Wildman–Crippen MR) is 112 cm³/mol. The third-order valence-electron chi connectivity index (χ3n) is 4.27. The zero-order valence-electron chi connectivity index (χ0n) is 15.4. The van der Waals surface area contributed by atoms with Crippen molar-refractivity contribution in [1.82, 2.24) is 4.98 Å². The van der Waals surface area contributed by atoms with Crippen LogP contribution in [-0.4, -0.2) is 17.6 Å². The Labute approximate surface area is 167 Å². The molecule has 0 saturated heterocycles. The van der Waals surface area contributed by atoms with Crippen molar-refractivity contribution in [3.8, 4) is 16.3 Å². The summed E-state index contributed by atoms with van der Waals surface area (Å²) in [5.41, 5.74) is 3.49. The predicted octanol–water partition coefficient (Wildman–Crippen LogP) is 5.72. The van der Waals surface area contributed by atoms with E-state index in [0.29, 0.717) is 18.8 Å². The molecule has 28 heavy (non-hydrogen) atoms. The Morgan fingerprint density at radius 3 is 2.50 bits per heavy atom. The summed E-state index contributed by atoms with van der Waals surface area (Å²) in [6, 6.07) is 23.3. The van der Waals surface area contributed by atoms with E-state index >= 15 is 0 Å². The number of rotatable bonds is 6. The monoisotopic (exact) mass is 389 g/mol. The molecule has 0 aliphatic rings. The maximum absolute atomic E-state index is 11.8. The van der Waals surface area contributed by atoms with Crippen LogP contribution >= 0.6 is 11.3 Å². The highest BCUT2D eigenvalue weighted by molar-refractivity contribution is 7.21. The van der Waals surface area contributed by atoms with E-state index in [9.17, 15) is 4.79 Å². The van der Waals surface area contributed by atoms with Crippen LogP contribution in [0.25, 0.3) is 20.8 Å². The first kappa shape index (κ1) is 18.2. The first-order valence-corrected chi connectivity index (χ1v) is 9.90. The molecule has 0 atom stereocenters. The maximum Gasteiger partial charge on any atom is 0.338 e. The van der Waals surface area contributed by atoms with Crippen molar-refractivity contribution >= 4 is 27.5 Å². The number of benzene rings is 3. The second kappa shape index (κ2) is 8.23. The van der Waals surface area contributed by atoms with Gasteiger partial charge in [0.15, 0.2) is 0 Å². The molecule has 0 bridgehead atoms. The molecule has 0 spiro atoms. The number of hydrogen-bond donors (Lipinski definition) is 0. The Kier molecular flexibility index (Phi) is 5.35. The van der Waals surface area contributed by atoms with Crippen LogP contribution in [0.1, 0.15) is 22.8 Å². The van der Waals surface area contributed by atoms with E-state index in [0.717, 1.165) is 32.1 Å². The number of ether oxygens (including phenoxy) is 2. The fraction of sp³-hybridized carbons (Fsp3) is 0.130. The van der Waals surface area contributed by atoms with Gasteiger partial charge in [0.25, 0.3) is 0 Å². The van der Waals surface area contributed by atoms with E-state index in [2.05, 4.69) is 6.07 Å². The summed E-state index contributed by atoms with van der Waals surface area (Å²) >= 11 is 1.65. The van der Waals surface area contributed by atoms with Crippen LogP contribution in [0.4, 0.5) is 0 Å². The van der Waals surface area contributed by atoms with Gasteiger partial charge in [0, 0.05) is 0 Å². The molecule has 140 valence electrons. The molecule has 0 radical (unpaired) electrons. The van der Waals surface area contributed by atoms with Gasteiger partial charge in [-0.05, 0) is 48.9 Å². The number of hydrogen-bond acceptors (Lipinski definition) is 5. The van der Waals surface area contributed by atoms with Gasteiger partial charge in [-0.15, -0.1) is 11.3 Å². The van der Waals surface area contributed by atoms with Gasteiger partial charge in [-0.2, -0.15) is 0 Å². The van der Waals surface area contributed by atoms with Crippen molar-refractivity contribution < 1.29 is 14.3 Å². The highest BCUT2D eigenvalue weighted by Gasteiger charge is 2.12. The van der Waals surface area contributed by atoms with Gasteiger partial charge in [0.1, 0.15) is 17.4 Å². The smallest absolute Gasteiger partial charge is 0.338 e. The molecule has 3 aromatic carbocycles. The Morgan fingerprint density at radius 2 is 1.71 bits per heavy atom. The fourth-order valence-corrected chi connectivity index (χ4v) is 3.86.